The van der Waals surface area contributed by atoms with E-state index in [1.807, 2.05) is 17.8 Å². The smallest absolute Gasteiger partial charge is 0.0344 e. The number of nitrogens with two attached hydrogens (primary N) is 1. The molecular formula is C11H15NS. The molecule has 1 saturated carbocycles. The summed E-state index contributed by atoms with van der Waals surface area (Å²) in [5.41, 5.74) is 7.86. The summed E-state index contributed by atoms with van der Waals surface area (Å²) in [4.78, 5) is 1.37. The Labute approximate surface area is 83.7 Å². The SMILES string of the molecule is Cc1cc(SC2CCC2)ccc1N. The first-order chi connectivity index (χ1) is 6.25. The van der Waals surface area contributed by atoms with Crippen LogP contribution in [0.25, 0.3) is 0 Å². The van der Waals surface area contributed by atoms with Gasteiger partial charge in [-0.25, -0.2) is 0 Å². The summed E-state index contributed by atoms with van der Waals surface area (Å²) in [6.45, 7) is 2.07. The molecule has 0 bridgehead atoms. The highest BCUT2D eigenvalue weighted by atomic mass is 32.2. The molecule has 1 fully saturated rings. The molecule has 0 aliphatic heterocycles. The van der Waals surface area contributed by atoms with E-state index in [0.29, 0.717) is 0 Å². The Bertz CT molecular complexity index is 305. The summed E-state index contributed by atoms with van der Waals surface area (Å²) in [7, 11) is 0. The summed E-state index contributed by atoms with van der Waals surface area (Å²) < 4.78 is 0. The summed E-state index contributed by atoms with van der Waals surface area (Å²) in [6, 6.07) is 6.33. The third-order valence-electron chi connectivity index (χ3n) is 2.60. The third-order valence-corrected chi connectivity index (χ3v) is 3.93. The van der Waals surface area contributed by atoms with Crippen molar-refractivity contribution in [3.63, 3.8) is 0 Å². The summed E-state index contributed by atoms with van der Waals surface area (Å²) in [6.07, 6.45) is 4.17. The average molecular weight is 193 g/mol. The van der Waals surface area contributed by atoms with E-state index < -0.39 is 0 Å². The Kier molecular flexibility index (Phi) is 2.49. The lowest BCUT2D eigenvalue weighted by Gasteiger charge is -2.24. The van der Waals surface area contributed by atoms with Gasteiger partial charge in [0, 0.05) is 15.8 Å². The van der Waals surface area contributed by atoms with Crippen LogP contribution < -0.4 is 5.73 Å². The van der Waals surface area contributed by atoms with Crippen molar-refractivity contribution in [2.45, 2.75) is 36.3 Å². The van der Waals surface area contributed by atoms with Crippen molar-refractivity contribution < 1.29 is 0 Å². The number of nitrogen functional groups attached to an aromatic ring is 1. The number of thioether (sulfide) groups is 1. The molecule has 1 aromatic carbocycles. The van der Waals surface area contributed by atoms with Gasteiger partial charge in [0.1, 0.15) is 0 Å². The van der Waals surface area contributed by atoms with Gasteiger partial charge in [0.25, 0.3) is 0 Å². The van der Waals surface area contributed by atoms with Gasteiger partial charge in [0.2, 0.25) is 0 Å². The van der Waals surface area contributed by atoms with Crippen molar-refractivity contribution >= 4 is 17.4 Å². The minimum absolute atomic E-state index is 0.864. The predicted molar refractivity (Wildman–Crippen MR) is 59.1 cm³/mol. The van der Waals surface area contributed by atoms with Crippen LogP contribution in [0.15, 0.2) is 23.1 Å². The second-order valence-corrected chi connectivity index (χ2v) is 5.06. The lowest BCUT2D eigenvalue weighted by Crippen LogP contribution is -2.12. The number of hydrogen-bond donors (Lipinski definition) is 1. The molecule has 0 atom stereocenters. The van der Waals surface area contributed by atoms with E-state index in [1.165, 1.54) is 29.7 Å². The third kappa shape index (κ3) is 1.99. The van der Waals surface area contributed by atoms with E-state index in [0.717, 1.165) is 10.9 Å². The fraction of sp³-hybridized carbons (Fsp3) is 0.455. The van der Waals surface area contributed by atoms with E-state index in [2.05, 4.69) is 19.1 Å². The Hall–Kier alpha value is -0.630. The molecule has 70 valence electrons. The maximum absolute atomic E-state index is 5.76. The fourth-order valence-electron chi connectivity index (χ4n) is 1.40. The molecule has 0 unspecified atom stereocenters. The normalized spacial score (nSPS) is 17.0. The van der Waals surface area contributed by atoms with Gasteiger partial charge in [-0.05, 0) is 43.5 Å². The van der Waals surface area contributed by atoms with Crippen molar-refractivity contribution in [1.82, 2.24) is 0 Å². The highest BCUT2D eigenvalue weighted by Crippen LogP contribution is 2.36. The monoisotopic (exact) mass is 193 g/mol. The Morgan fingerprint density at radius 1 is 1.38 bits per heavy atom. The molecule has 2 heteroatoms. The number of benzene rings is 1. The fourth-order valence-corrected chi connectivity index (χ4v) is 2.75. The van der Waals surface area contributed by atoms with Gasteiger partial charge in [-0.3, -0.25) is 0 Å². The first-order valence-electron chi connectivity index (χ1n) is 4.78. The standard InChI is InChI=1S/C11H15NS/c1-8-7-10(5-6-11(8)12)13-9-3-2-4-9/h5-7,9H,2-4,12H2,1H3. The second kappa shape index (κ2) is 3.62. The minimum atomic E-state index is 0.864. The van der Waals surface area contributed by atoms with E-state index in [1.54, 1.807) is 0 Å². The summed E-state index contributed by atoms with van der Waals surface area (Å²) in [5, 5.41) is 0.864. The van der Waals surface area contributed by atoms with Crippen LogP contribution in [-0.4, -0.2) is 5.25 Å². The van der Waals surface area contributed by atoms with Crippen LogP contribution in [0, 0.1) is 6.92 Å². The van der Waals surface area contributed by atoms with E-state index in [4.69, 9.17) is 5.73 Å². The topological polar surface area (TPSA) is 26.0 Å². The van der Waals surface area contributed by atoms with E-state index in [-0.39, 0.29) is 0 Å². The van der Waals surface area contributed by atoms with Crippen LogP contribution in [0.5, 0.6) is 0 Å². The zero-order valence-electron chi connectivity index (χ0n) is 7.92. The van der Waals surface area contributed by atoms with Gasteiger partial charge < -0.3 is 5.73 Å². The van der Waals surface area contributed by atoms with E-state index in [9.17, 15) is 0 Å². The quantitative estimate of drug-likeness (QED) is 0.730. The van der Waals surface area contributed by atoms with Gasteiger partial charge in [0.15, 0.2) is 0 Å². The molecule has 0 aromatic heterocycles. The van der Waals surface area contributed by atoms with Crippen LogP contribution in [0.3, 0.4) is 0 Å². The van der Waals surface area contributed by atoms with Gasteiger partial charge >= 0.3 is 0 Å². The van der Waals surface area contributed by atoms with Gasteiger partial charge in [0.05, 0.1) is 0 Å². The second-order valence-electron chi connectivity index (χ2n) is 3.69. The molecule has 1 aromatic rings. The average Bonchev–Trinajstić information content (AvgIpc) is 2.04. The van der Waals surface area contributed by atoms with Gasteiger partial charge in [-0.1, -0.05) is 6.42 Å². The van der Waals surface area contributed by atoms with Gasteiger partial charge in [-0.15, -0.1) is 11.8 Å². The lowest BCUT2D eigenvalue weighted by atomic mass is 10.00. The highest BCUT2D eigenvalue weighted by molar-refractivity contribution is 8.00. The van der Waals surface area contributed by atoms with Crippen LogP contribution >= 0.6 is 11.8 Å². The van der Waals surface area contributed by atoms with Crippen molar-refractivity contribution in [1.29, 1.82) is 0 Å². The van der Waals surface area contributed by atoms with E-state index >= 15 is 0 Å². The molecule has 0 heterocycles. The van der Waals surface area contributed by atoms with Crippen LogP contribution in [0.4, 0.5) is 5.69 Å². The summed E-state index contributed by atoms with van der Waals surface area (Å²) >= 11 is 2.00. The Morgan fingerprint density at radius 3 is 2.69 bits per heavy atom. The van der Waals surface area contributed by atoms with Crippen molar-refractivity contribution in [3.05, 3.63) is 23.8 Å². The molecule has 2 rings (SSSR count). The molecule has 0 saturated heterocycles. The minimum Gasteiger partial charge on any atom is -0.399 e. The van der Waals surface area contributed by atoms with Gasteiger partial charge in [-0.2, -0.15) is 0 Å². The van der Waals surface area contributed by atoms with Crippen LogP contribution in [-0.2, 0) is 0 Å². The zero-order chi connectivity index (χ0) is 9.26. The van der Waals surface area contributed by atoms with Crippen molar-refractivity contribution in [3.8, 4) is 0 Å². The van der Waals surface area contributed by atoms with Crippen molar-refractivity contribution in [2.75, 3.05) is 5.73 Å². The zero-order valence-corrected chi connectivity index (χ0v) is 8.73. The molecule has 0 radical (unpaired) electrons. The Morgan fingerprint density at radius 2 is 2.15 bits per heavy atom. The highest BCUT2D eigenvalue weighted by Gasteiger charge is 2.18. The maximum Gasteiger partial charge on any atom is 0.0344 e. The molecule has 2 N–H and O–H groups in total. The number of anilines is 1. The maximum atomic E-state index is 5.76. The number of hydrogen-bond acceptors (Lipinski definition) is 2. The van der Waals surface area contributed by atoms with Crippen LogP contribution in [0.2, 0.25) is 0 Å². The largest absolute Gasteiger partial charge is 0.399 e. The molecule has 13 heavy (non-hydrogen) atoms. The first-order valence-corrected chi connectivity index (χ1v) is 5.66. The predicted octanol–water partition coefficient (Wildman–Crippen LogP) is 3.22. The summed E-state index contributed by atoms with van der Waals surface area (Å²) in [5.74, 6) is 0. The Balaban J connectivity index is 2.07. The number of rotatable bonds is 2. The molecule has 1 aliphatic carbocycles. The molecule has 0 amide bonds. The number of aryl methyl sites for hydroxylation is 1. The first kappa shape index (κ1) is 8.95. The lowest BCUT2D eigenvalue weighted by molar-refractivity contribution is 0.522. The molecular weight excluding hydrogens is 178 g/mol. The van der Waals surface area contributed by atoms with Crippen molar-refractivity contribution in [2.24, 2.45) is 0 Å². The van der Waals surface area contributed by atoms with Crippen LogP contribution in [0.1, 0.15) is 24.8 Å². The molecule has 1 aliphatic rings. The molecule has 0 spiro atoms. The molecule has 1 nitrogen and oxygen atoms in total.